The van der Waals surface area contributed by atoms with Gasteiger partial charge in [-0.25, -0.2) is 4.79 Å². The van der Waals surface area contributed by atoms with Crippen molar-refractivity contribution in [2.24, 2.45) is 13.0 Å². The minimum Gasteiger partial charge on any atom is -0.496 e. The smallest absolute Gasteiger partial charge is 0.317 e. The molecule has 0 saturated carbocycles. The number of fused-ring (bicyclic) bond motifs is 2. The quantitative estimate of drug-likeness (QED) is 0.334. The molecule has 0 spiro atoms. The molecule has 1 atom stereocenters. The van der Waals surface area contributed by atoms with Gasteiger partial charge in [-0.05, 0) is 79.0 Å². The van der Waals surface area contributed by atoms with Gasteiger partial charge in [-0.2, -0.15) is 0 Å². The van der Waals surface area contributed by atoms with Crippen molar-refractivity contribution >= 4 is 23.5 Å². The maximum Gasteiger partial charge on any atom is 0.317 e. The largest absolute Gasteiger partial charge is 0.496 e. The topological polar surface area (TPSA) is 132 Å². The predicted molar refractivity (Wildman–Crippen MR) is 222 cm³/mol. The Hall–Kier alpha value is -5.34. The first kappa shape index (κ1) is 39.5. The monoisotopic (exact) mass is 792 g/mol. The standard InChI is InChI=1S/C44H56N8O6/c1-28-6-9-38(41(53)46-28)52-24-30-7-8-32(22-34(30)43(52)55)50-13-10-29(11-14-50)23-48-16-18-49(19-17-48)26-37-39(57-4)20-31(21-40(37)58-5)35-25-47(3)42(54)36-27-51(44(56)45-2)15-12-33(35)36/h7-8,20-22,25,29,38H,1,6,9-19,23-24,26-27H2,2-5H3,(H,45,56)(H,46,53). The number of carbonyl (C=O) groups excluding carboxylic acids is 3. The number of piperidine rings is 2. The van der Waals surface area contributed by atoms with E-state index >= 15 is 0 Å². The van der Waals surface area contributed by atoms with E-state index in [4.69, 9.17) is 9.47 Å². The molecule has 14 heteroatoms. The van der Waals surface area contributed by atoms with Crippen LogP contribution in [0.25, 0.3) is 11.1 Å². The average molecular weight is 793 g/mol. The first-order valence-electron chi connectivity index (χ1n) is 20.6. The molecule has 308 valence electrons. The third kappa shape index (κ3) is 7.67. The molecule has 5 aliphatic rings. The van der Waals surface area contributed by atoms with Crippen molar-refractivity contribution in [2.45, 2.75) is 57.8 Å². The Kier molecular flexibility index (Phi) is 11.2. The van der Waals surface area contributed by atoms with Crippen molar-refractivity contribution in [3.05, 3.63) is 87.0 Å². The molecular weight excluding hydrogens is 737 g/mol. The molecule has 8 rings (SSSR count). The molecule has 1 unspecified atom stereocenters. The number of methoxy groups -OCH3 is 2. The molecule has 4 amide bonds. The van der Waals surface area contributed by atoms with Gasteiger partial charge in [0, 0.05) is 114 Å². The van der Waals surface area contributed by atoms with Gasteiger partial charge in [-0.15, -0.1) is 0 Å². The van der Waals surface area contributed by atoms with E-state index in [1.807, 2.05) is 12.3 Å². The minimum atomic E-state index is -0.444. The van der Waals surface area contributed by atoms with Crippen molar-refractivity contribution in [1.82, 2.24) is 34.8 Å². The van der Waals surface area contributed by atoms with E-state index < -0.39 is 6.04 Å². The normalized spacial score (nSPS) is 20.5. The number of benzene rings is 2. The fourth-order valence-electron chi connectivity index (χ4n) is 9.59. The predicted octanol–water partition coefficient (Wildman–Crippen LogP) is 3.55. The van der Waals surface area contributed by atoms with Gasteiger partial charge in [-0.3, -0.25) is 19.3 Å². The number of nitrogens with one attached hydrogen (secondary N) is 2. The lowest BCUT2D eigenvalue weighted by Crippen LogP contribution is -2.49. The molecule has 6 heterocycles. The van der Waals surface area contributed by atoms with Crippen LogP contribution in [0.1, 0.15) is 58.3 Å². The molecule has 3 fully saturated rings. The molecule has 3 saturated heterocycles. The van der Waals surface area contributed by atoms with Gasteiger partial charge in [0.05, 0.1) is 26.3 Å². The Labute approximate surface area is 340 Å². The number of carbonyl (C=O) groups is 3. The number of amides is 4. The van der Waals surface area contributed by atoms with Crippen LogP contribution in [-0.2, 0) is 37.9 Å². The van der Waals surface area contributed by atoms with Crippen LogP contribution >= 0.6 is 0 Å². The van der Waals surface area contributed by atoms with Gasteiger partial charge < -0.3 is 44.3 Å². The van der Waals surface area contributed by atoms with Gasteiger partial charge in [0.25, 0.3) is 11.5 Å². The summed E-state index contributed by atoms with van der Waals surface area (Å²) in [5, 5.41) is 5.50. The summed E-state index contributed by atoms with van der Waals surface area (Å²) in [4.78, 5) is 62.5. The van der Waals surface area contributed by atoms with E-state index in [9.17, 15) is 19.2 Å². The fraction of sp³-hybridized carbons (Fsp3) is 0.500. The number of rotatable bonds is 9. The molecule has 2 N–H and O–H groups in total. The van der Waals surface area contributed by atoms with Crippen molar-refractivity contribution in [1.29, 1.82) is 0 Å². The fourth-order valence-corrected chi connectivity index (χ4v) is 9.59. The van der Waals surface area contributed by atoms with Crippen LogP contribution < -0.4 is 30.6 Å². The Bertz CT molecular complexity index is 2140. The molecule has 1 aromatic heterocycles. The number of piperazine rings is 1. The SMILES string of the molecule is C=C1CCC(N2Cc3ccc(N4CCC(CN5CCN(Cc6c(OC)cc(-c7cn(C)c(=O)c8c7CCN(C(=O)NC)C8)cc6OC)CC5)CC4)cc3C2=O)C(=O)N1. The van der Waals surface area contributed by atoms with Gasteiger partial charge in [0.1, 0.15) is 17.5 Å². The van der Waals surface area contributed by atoms with Crippen molar-refractivity contribution < 1.29 is 23.9 Å². The minimum absolute atomic E-state index is 0.0512. The van der Waals surface area contributed by atoms with Crippen molar-refractivity contribution in [2.75, 3.05) is 78.5 Å². The second-order valence-corrected chi connectivity index (χ2v) is 16.4. The van der Waals surface area contributed by atoms with Gasteiger partial charge in [0.2, 0.25) is 5.91 Å². The third-order valence-corrected chi connectivity index (χ3v) is 13.0. The second-order valence-electron chi connectivity index (χ2n) is 16.4. The molecule has 0 bridgehead atoms. The van der Waals surface area contributed by atoms with Crippen LogP contribution in [0.2, 0.25) is 0 Å². The number of aromatic nitrogens is 1. The first-order valence-corrected chi connectivity index (χ1v) is 20.6. The van der Waals surface area contributed by atoms with Crippen LogP contribution in [0.4, 0.5) is 10.5 Å². The van der Waals surface area contributed by atoms with Gasteiger partial charge >= 0.3 is 6.03 Å². The summed E-state index contributed by atoms with van der Waals surface area (Å²) >= 11 is 0. The second kappa shape index (κ2) is 16.5. The zero-order chi connectivity index (χ0) is 40.7. The summed E-state index contributed by atoms with van der Waals surface area (Å²) in [6, 6.07) is 9.71. The van der Waals surface area contributed by atoms with Crippen molar-refractivity contribution in [3.8, 4) is 22.6 Å². The number of pyridine rings is 1. The van der Waals surface area contributed by atoms with Crippen molar-refractivity contribution in [3.63, 3.8) is 0 Å². The third-order valence-electron chi connectivity index (χ3n) is 13.0. The number of anilines is 1. The highest BCUT2D eigenvalue weighted by molar-refractivity contribution is 6.02. The molecular formula is C44H56N8O6. The summed E-state index contributed by atoms with van der Waals surface area (Å²) in [7, 11) is 6.74. The number of hydrogen-bond acceptors (Lipinski definition) is 9. The number of ether oxygens (including phenoxy) is 2. The van der Waals surface area contributed by atoms with E-state index in [-0.39, 0.29) is 29.9 Å². The maximum atomic E-state index is 13.4. The lowest BCUT2D eigenvalue weighted by atomic mass is 9.91. The van der Waals surface area contributed by atoms with E-state index in [0.717, 1.165) is 115 Å². The number of urea groups is 1. The highest BCUT2D eigenvalue weighted by Gasteiger charge is 2.38. The Morgan fingerprint density at radius 1 is 0.862 bits per heavy atom. The number of allylic oxidation sites excluding steroid dienone is 1. The molecule has 5 aliphatic heterocycles. The molecule has 14 nitrogen and oxygen atoms in total. The average Bonchev–Trinajstić information content (AvgIpc) is 3.57. The van der Waals surface area contributed by atoms with Gasteiger partial charge in [0.15, 0.2) is 0 Å². The van der Waals surface area contributed by atoms with E-state index in [1.54, 1.807) is 42.7 Å². The first-order chi connectivity index (χ1) is 28.0. The lowest BCUT2D eigenvalue weighted by Gasteiger charge is -2.39. The zero-order valence-electron chi connectivity index (χ0n) is 34.3. The molecule has 0 aliphatic carbocycles. The molecule has 3 aromatic rings. The van der Waals surface area contributed by atoms with Gasteiger partial charge in [-0.1, -0.05) is 12.6 Å². The van der Waals surface area contributed by atoms with Crippen LogP contribution in [0, 0.1) is 5.92 Å². The highest BCUT2D eigenvalue weighted by atomic mass is 16.5. The van der Waals surface area contributed by atoms with E-state index in [1.165, 1.54) is 0 Å². The maximum absolute atomic E-state index is 13.4. The number of nitrogens with zero attached hydrogens (tertiary/aromatic N) is 6. The number of aryl methyl sites for hydroxylation is 1. The zero-order valence-corrected chi connectivity index (χ0v) is 34.3. The van der Waals surface area contributed by atoms with Crippen LogP contribution in [0.15, 0.2) is 53.6 Å². The summed E-state index contributed by atoms with van der Waals surface area (Å²) in [6.07, 6.45) is 5.99. The number of hydrogen-bond donors (Lipinski definition) is 2. The summed E-state index contributed by atoms with van der Waals surface area (Å²) in [5.74, 6) is 1.94. The van der Waals surface area contributed by atoms with Crippen LogP contribution in [0.3, 0.4) is 0 Å². The Morgan fingerprint density at radius 2 is 1.57 bits per heavy atom. The highest BCUT2D eigenvalue weighted by Crippen LogP contribution is 2.39. The lowest BCUT2D eigenvalue weighted by molar-refractivity contribution is -0.126. The van der Waals surface area contributed by atoms with Crippen LogP contribution in [0.5, 0.6) is 11.5 Å². The Morgan fingerprint density at radius 3 is 2.24 bits per heavy atom. The summed E-state index contributed by atoms with van der Waals surface area (Å²) in [5.41, 5.74) is 7.91. The Balaban J connectivity index is 0.858. The molecule has 0 radical (unpaired) electrons. The summed E-state index contributed by atoms with van der Waals surface area (Å²) < 4.78 is 13.6. The van der Waals surface area contributed by atoms with Crippen LogP contribution in [-0.4, -0.2) is 122 Å². The van der Waals surface area contributed by atoms with E-state index in [0.29, 0.717) is 50.4 Å². The molecule has 2 aromatic carbocycles. The summed E-state index contributed by atoms with van der Waals surface area (Å²) in [6.45, 7) is 12.7. The molecule has 58 heavy (non-hydrogen) atoms. The van der Waals surface area contributed by atoms with E-state index in [2.05, 4.69) is 56.2 Å².